The minimum absolute atomic E-state index is 0.0153. The lowest BCUT2D eigenvalue weighted by Gasteiger charge is -2.13. The third-order valence-corrected chi connectivity index (χ3v) is 5.64. The number of benzene rings is 2. The number of alkyl halides is 6. The Balaban J connectivity index is 0.000000247. The van der Waals surface area contributed by atoms with Crippen LogP contribution in [0.1, 0.15) is 27.0 Å². The van der Waals surface area contributed by atoms with E-state index in [0.717, 1.165) is 10.0 Å². The normalized spacial score (nSPS) is 11.6. The molecule has 0 bridgehead atoms. The highest BCUT2D eigenvalue weighted by molar-refractivity contribution is 9.10. The van der Waals surface area contributed by atoms with E-state index in [1.165, 1.54) is 18.0 Å². The highest BCUT2D eigenvalue weighted by Gasteiger charge is 2.36. The second-order valence-electron chi connectivity index (χ2n) is 6.86. The SMILES string of the molecule is CSc1ncc(C(=O)O)c(-c2ccccc2Br)n1.NCCc1cc(C(F)(F)F)cc(C(F)(F)F)c1. The molecule has 2 aromatic carbocycles. The van der Waals surface area contributed by atoms with Gasteiger partial charge >= 0.3 is 18.3 Å². The Morgan fingerprint density at radius 2 is 1.63 bits per heavy atom. The van der Waals surface area contributed by atoms with Gasteiger partial charge in [0.2, 0.25) is 0 Å². The van der Waals surface area contributed by atoms with Crippen LogP contribution in [0, 0.1) is 0 Å². The average molecular weight is 582 g/mol. The summed E-state index contributed by atoms with van der Waals surface area (Å²) in [6, 6.07) is 8.84. The summed E-state index contributed by atoms with van der Waals surface area (Å²) in [4.78, 5) is 19.5. The number of nitrogens with zero attached hydrogens (tertiary/aromatic N) is 2. The number of carboxylic acid groups (broad SMARTS) is 1. The summed E-state index contributed by atoms with van der Waals surface area (Å²) in [6.07, 6.45) is -6.45. The van der Waals surface area contributed by atoms with Gasteiger partial charge in [-0.15, -0.1) is 0 Å². The monoisotopic (exact) mass is 581 g/mol. The first kappa shape index (κ1) is 28.6. The van der Waals surface area contributed by atoms with Crippen LogP contribution in [0.25, 0.3) is 11.3 Å². The molecule has 13 heteroatoms. The minimum Gasteiger partial charge on any atom is -0.478 e. The number of carboxylic acids is 1. The smallest absolute Gasteiger partial charge is 0.416 e. The molecule has 0 aliphatic carbocycles. The molecule has 3 N–H and O–H groups in total. The Morgan fingerprint density at radius 1 is 1.06 bits per heavy atom. The zero-order valence-corrected chi connectivity index (χ0v) is 20.3. The van der Waals surface area contributed by atoms with Gasteiger partial charge in [-0.05, 0) is 49.1 Å². The van der Waals surface area contributed by atoms with Crippen molar-refractivity contribution in [2.45, 2.75) is 23.9 Å². The van der Waals surface area contributed by atoms with Gasteiger partial charge in [-0.1, -0.05) is 45.9 Å². The van der Waals surface area contributed by atoms with E-state index < -0.39 is 29.4 Å². The fraction of sp³-hybridized carbons (Fsp3) is 0.227. The third kappa shape index (κ3) is 7.94. The zero-order valence-electron chi connectivity index (χ0n) is 17.9. The first-order chi connectivity index (χ1) is 16.3. The topological polar surface area (TPSA) is 89.1 Å². The van der Waals surface area contributed by atoms with E-state index in [1.54, 1.807) is 0 Å². The van der Waals surface area contributed by atoms with E-state index in [-0.39, 0.29) is 30.2 Å². The van der Waals surface area contributed by atoms with Crippen LogP contribution in [0.15, 0.2) is 58.3 Å². The molecule has 0 saturated heterocycles. The van der Waals surface area contributed by atoms with Gasteiger partial charge in [0.05, 0.1) is 16.8 Å². The number of aromatic nitrogens is 2. The molecular weight excluding hydrogens is 564 g/mol. The minimum atomic E-state index is -4.80. The lowest BCUT2D eigenvalue weighted by Crippen LogP contribution is -2.13. The van der Waals surface area contributed by atoms with Gasteiger partial charge in [0.1, 0.15) is 5.56 Å². The van der Waals surface area contributed by atoms with E-state index in [9.17, 15) is 36.2 Å². The summed E-state index contributed by atoms with van der Waals surface area (Å²) < 4.78 is 75.1. The Hall–Kier alpha value is -2.64. The van der Waals surface area contributed by atoms with Gasteiger partial charge in [-0.25, -0.2) is 14.8 Å². The molecule has 35 heavy (non-hydrogen) atoms. The van der Waals surface area contributed by atoms with Crippen molar-refractivity contribution < 1.29 is 36.2 Å². The Kier molecular flexibility index (Phi) is 9.69. The average Bonchev–Trinajstić information content (AvgIpc) is 2.78. The summed E-state index contributed by atoms with van der Waals surface area (Å²) in [5, 5.41) is 9.73. The number of hydrogen-bond acceptors (Lipinski definition) is 5. The fourth-order valence-corrected chi connectivity index (χ4v) is 3.62. The van der Waals surface area contributed by atoms with Crippen LogP contribution in [-0.2, 0) is 18.8 Å². The Bertz CT molecular complexity index is 1160. The highest BCUT2D eigenvalue weighted by Crippen LogP contribution is 2.36. The third-order valence-electron chi connectivity index (χ3n) is 4.39. The maximum atomic E-state index is 12.4. The molecule has 0 unspecified atom stereocenters. The number of rotatable bonds is 5. The molecule has 0 saturated carbocycles. The molecule has 0 radical (unpaired) electrons. The van der Waals surface area contributed by atoms with Crippen molar-refractivity contribution in [2.24, 2.45) is 5.73 Å². The highest BCUT2D eigenvalue weighted by atomic mass is 79.9. The van der Waals surface area contributed by atoms with Crippen LogP contribution in [0.5, 0.6) is 0 Å². The molecule has 0 aliphatic rings. The van der Waals surface area contributed by atoms with Gasteiger partial charge in [-0.2, -0.15) is 26.3 Å². The Morgan fingerprint density at radius 3 is 2.09 bits per heavy atom. The van der Waals surface area contributed by atoms with Crippen LogP contribution < -0.4 is 5.73 Å². The van der Waals surface area contributed by atoms with E-state index in [1.807, 2.05) is 30.5 Å². The van der Waals surface area contributed by atoms with Crippen LogP contribution in [0.3, 0.4) is 0 Å². The number of nitrogens with two attached hydrogens (primary N) is 1. The number of carbonyl (C=O) groups is 1. The Labute approximate surface area is 208 Å². The standard InChI is InChI=1S/C12H9BrN2O2S.C10H9F6N/c1-18-12-14-6-8(11(16)17)10(15-12)7-4-2-3-5-9(7)13;11-9(12,13)7-3-6(1-2-17)4-8(5-7)10(14,15)16/h2-6H,1H3,(H,16,17);3-5H,1-2,17H2. The molecule has 1 aromatic heterocycles. The van der Waals surface area contributed by atoms with Gasteiger partial charge < -0.3 is 10.8 Å². The predicted octanol–water partition coefficient (Wildman–Crippen LogP) is 6.55. The lowest BCUT2D eigenvalue weighted by atomic mass is 10.0. The maximum Gasteiger partial charge on any atom is 0.416 e. The maximum absolute atomic E-state index is 12.4. The molecule has 188 valence electrons. The first-order valence-corrected chi connectivity index (χ1v) is 11.7. The molecule has 0 atom stereocenters. The van der Waals surface area contributed by atoms with Gasteiger partial charge in [0.15, 0.2) is 5.16 Å². The van der Waals surface area contributed by atoms with E-state index in [0.29, 0.717) is 23.0 Å². The van der Waals surface area contributed by atoms with Crippen molar-refractivity contribution in [3.63, 3.8) is 0 Å². The van der Waals surface area contributed by atoms with Gasteiger partial charge in [0, 0.05) is 16.2 Å². The lowest BCUT2D eigenvalue weighted by molar-refractivity contribution is -0.143. The zero-order chi connectivity index (χ0) is 26.4. The molecule has 3 aromatic rings. The summed E-state index contributed by atoms with van der Waals surface area (Å²) in [5.74, 6) is -1.03. The van der Waals surface area contributed by atoms with Crippen LogP contribution in [0.2, 0.25) is 0 Å². The van der Waals surface area contributed by atoms with Crippen molar-refractivity contribution in [3.8, 4) is 11.3 Å². The second-order valence-corrected chi connectivity index (χ2v) is 8.48. The molecule has 5 nitrogen and oxygen atoms in total. The van der Waals surface area contributed by atoms with E-state index >= 15 is 0 Å². The van der Waals surface area contributed by atoms with Crippen molar-refractivity contribution in [2.75, 3.05) is 12.8 Å². The van der Waals surface area contributed by atoms with Crippen molar-refractivity contribution in [1.29, 1.82) is 0 Å². The quantitative estimate of drug-likeness (QED) is 0.202. The van der Waals surface area contributed by atoms with Gasteiger partial charge in [-0.3, -0.25) is 0 Å². The number of thioether (sulfide) groups is 1. The van der Waals surface area contributed by atoms with Crippen LogP contribution in [0.4, 0.5) is 26.3 Å². The first-order valence-electron chi connectivity index (χ1n) is 9.65. The second kappa shape index (κ2) is 11.9. The molecule has 0 spiro atoms. The molecule has 3 rings (SSSR count). The van der Waals surface area contributed by atoms with Crippen molar-refractivity contribution in [1.82, 2.24) is 9.97 Å². The van der Waals surface area contributed by atoms with Crippen molar-refractivity contribution in [3.05, 3.63) is 75.4 Å². The predicted molar refractivity (Wildman–Crippen MR) is 123 cm³/mol. The summed E-state index contributed by atoms with van der Waals surface area (Å²) in [6.45, 7) is -0.0153. The summed E-state index contributed by atoms with van der Waals surface area (Å²) >= 11 is 4.78. The van der Waals surface area contributed by atoms with Crippen LogP contribution >= 0.6 is 27.7 Å². The molecular formula is C22H18BrF6N3O2S. The molecule has 1 heterocycles. The number of hydrogen-bond donors (Lipinski definition) is 2. The molecule has 0 aliphatic heterocycles. The fourth-order valence-electron chi connectivity index (χ4n) is 2.81. The number of halogens is 7. The largest absolute Gasteiger partial charge is 0.478 e. The molecule has 0 amide bonds. The van der Waals surface area contributed by atoms with Gasteiger partial charge in [0.25, 0.3) is 0 Å². The van der Waals surface area contributed by atoms with E-state index in [4.69, 9.17) is 5.73 Å². The summed E-state index contributed by atoms with van der Waals surface area (Å²) in [5.41, 5.74) is 3.69. The molecule has 0 fully saturated rings. The summed E-state index contributed by atoms with van der Waals surface area (Å²) in [7, 11) is 0. The van der Waals surface area contributed by atoms with Crippen LogP contribution in [-0.4, -0.2) is 33.8 Å². The number of aromatic carboxylic acids is 1. The van der Waals surface area contributed by atoms with E-state index in [2.05, 4.69) is 25.9 Å². The van der Waals surface area contributed by atoms with Crippen molar-refractivity contribution >= 4 is 33.7 Å².